The highest BCUT2D eigenvalue weighted by Gasteiger charge is 2.58. The van der Waals surface area contributed by atoms with Crippen LogP contribution in [0.2, 0.25) is 0 Å². The number of amides is 4. The normalized spacial score (nSPS) is 19.6. The Morgan fingerprint density at radius 1 is 0.983 bits per heavy atom. The zero-order chi connectivity index (χ0) is 43.9. The van der Waals surface area contributed by atoms with Crippen molar-refractivity contribution in [2.45, 2.75) is 95.5 Å². The molecule has 0 bridgehead atoms. The highest BCUT2D eigenvalue weighted by atomic mass is 32.2. The van der Waals surface area contributed by atoms with Crippen LogP contribution in [-0.2, 0) is 29.1 Å². The van der Waals surface area contributed by atoms with E-state index in [0.717, 1.165) is 17.7 Å². The number of sulfonamides is 1. The van der Waals surface area contributed by atoms with Gasteiger partial charge in [0.2, 0.25) is 11.8 Å². The van der Waals surface area contributed by atoms with E-state index in [1.165, 1.54) is 17.9 Å². The number of pyridine rings is 1. The van der Waals surface area contributed by atoms with E-state index in [1.807, 2.05) is 35.1 Å². The van der Waals surface area contributed by atoms with Crippen LogP contribution in [-0.4, -0.2) is 85.1 Å². The molecule has 2 heterocycles. The molecule has 1 aromatic heterocycles. The molecule has 0 radical (unpaired) electrons. The number of aryl methyl sites for hydroxylation is 1. The summed E-state index contributed by atoms with van der Waals surface area (Å²) in [5, 5.41) is 6.01. The number of benzene rings is 3. The first-order valence-electron chi connectivity index (χ1n) is 19.4. The van der Waals surface area contributed by atoms with E-state index in [-0.39, 0.29) is 30.5 Å². The van der Waals surface area contributed by atoms with Crippen LogP contribution in [0.25, 0.3) is 22.2 Å². The Balaban J connectivity index is 1.34. The number of likely N-dealkylation sites (tertiary alicyclic amines) is 1. The standard InChI is InChI=1S/C44H50FN5O9S/c1-25-15-16-28(45)19-36(25)60(55,56)49-40(53)44(23-26(44)2)48-38(51)34-21-30(24-50(34)39(52)37(42(3,4)5)47-41(54)59-43(6,7)8)58-35-22-32(27-13-11-10-12-14-27)46-33-20-29(57-9)17-18-31(33)35/h10-20,22,30,34,37H,2,21,23-24H2,1,3-9H3,(H,47,54)(H,48,51)(H,49,53)/t30-,34+,37?,44-/m1/s1. The Labute approximate surface area is 348 Å². The highest BCUT2D eigenvalue weighted by molar-refractivity contribution is 7.90. The Morgan fingerprint density at radius 2 is 1.67 bits per heavy atom. The van der Waals surface area contributed by atoms with Crippen molar-refractivity contribution in [2.24, 2.45) is 5.41 Å². The largest absolute Gasteiger partial charge is 0.497 e. The quantitative estimate of drug-likeness (QED) is 0.152. The third kappa shape index (κ3) is 9.38. The van der Waals surface area contributed by atoms with Crippen molar-refractivity contribution in [1.29, 1.82) is 0 Å². The van der Waals surface area contributed by atoms with Crippen LogP contribution in [0.4, 0.5) is 9.18 Å². The Hall–Kier alpha value is -6.03. The van der Waals surface area contributed by atoms with Gasteiger partial charge < -0.3 is 29.7 Å². The number of carbonyl (C=O) groups is 4. The van der Waals surface area contributed by atoms with Gasteiger partial charge in [0.1, 0.15) is 46.6 Å². The fourth-order valence-electron chi connectivity index (χ4n) is 7.08. The number of ether oxygens (including phenoxy) is 3. The van der Waals surface area contributed by atoms with Crippen LogP contribution >= 0.6 is 0 Å². The highest BCUT2D eigenvalue weighted by Crippen LogP contribution is 2.43. The van der Waals surface area contributed by atoms with Crippen LogP contribution in [0, 0.1) is 18.2 Å². The SMILES string of the molecule is C=C1C[C@]1(NC(=O)[C@@H]1C[C@@H](Oc2cc(-c3ccccc3)nc3cc(OC)ccc23)CN1C(=O)C(NC(=O)OC(C)(C)C)C(C)(C)C)C(=O)NS(=O)(=O)c1cc(F)ccc1C. The van der Waals surface area contributed by atoms with Crippen molar-refractivity contribution in [1.82, 2.24) is 25.2 Å². The maximum absolute atomic E-state index is 14.7. The molecule has 4 aromatic rings. The summed E-state index contributed by atoms with van der Waals surface area (Å²) in [4.78, 5) is 61.7. The summed E-state index contributed by atoms with van der Waals surface area (Å²) in [7, 11) is -3.03. The molecule has 1 unspecified atom stereocenters. The van der Waals surface area contributed by atoms with Crippen LogP contribution in [0.3, 0.4) is 0 Å². The van der Waals surface area contributed by atoms with E-state index in [2.05, 4.69) is 17.2 Å². The second-order valence-corrected chi connectivity index (χ2v) is 18.9. The van der Waals surface area contributed by atoms with Crippen molar-refractivity contribution in [2.75, 3.05) is 13.7 Å². The van der Waals surface area contributed by atoms with Gasteiger partial charge in [-0.15, -0.1) is 0 Å². The Morgan fingerprint density at radius 3 is 2.28 bits per heavy atom. The lowest BCUT2D eigenvalue weighted by molar-refractivity contribution is -0.142. The summed E-state index contributed by atoms with van der Waals surface area (Å²) in [5.41, 5.74) is -1.19. The summed E-state index contributed by atoms with van der Waals surface area (Å²) in [6.07, 6.45) is -1.79. The van der Waals surface area contributed by atoms with Gasteiger partial charge >= 0.3 is 6.09 Å². The molecule has 1 saturated carbocycles. The Bertz CT molecular complexity index is 2480. The van der Waals surface area contributed by atoms with Crippen molar-refractivity contribution < 1.29 is 46.2 Å². The minimum absolute atomic E-state index is 0.0630. The van der Waals surface area contributed by atoms with Gasteiger partial charge in [-0.2, -0.15) is 0 Å². The number of nitrogens with one attached hydrogen (secondary N) is 3. The molecule has 60 heavy (non-hydrogen) atoms. The van der Waals surface area contributed by atoms with Crippen molar-refractivity contribution in [3.8, 4) is 22.8 Å². The van der Waals surface area contributed by atoms with Gasteiger partial charge in [-0.25, -0.2) is 27.3 Å². The molecule has 3 aromatic carbocycles. The predicted octanol–water partition coefficient (Wildman–Crippen LogP) is 5.97. The summed E-state index contributed by atoms with van der Waals surface area (Å²) in [6, 6.07) is 17.3. The minimum Gasteiger partial charge on any atom is -0.497 e. The molecule has 3 N–H and O–H groups in total. The van der Waals surface area contributed by atoms with Crippen molar-refractivity contribution in [3.05, 3.63) is 96.3 Å². The monoisotopic (exact) mass is 843 g/mol. The molecule has 4 atom stereocenters. The van der Waals surface area contributed by atoms with Gasteiger partial charge in [0.05, 0.1) is 29.8 Å². The van der Waals surface area contributed by atoms with Gasteiger partial charge in [-0.05, 0) is 68.5 Å². The second kappa shape index (κ2) is 16.2. The summed E-state index contributed by atoms with van der Waals surface area (Å²) < 4.78 is 60.3. The lowest BCUT2D eigenvalue weighted by atomic mass is 9.85. The Kier molecular flexibility index (Phi) is 11.8. The van der Waals surface area contributed by atoms with Crippen molar-refractivity contribution in [3.63, 3.8) is 0 Å². The fourth-order valence-corrected chi connectivity index (χ4v) is 8.37. The van der Waals surface area contributed by atoms with E-state index in [9.17, 15) is 32.0 Å². The number of fused-ring (bicyclic) bond motifs is 1. The molecule has 318 valence electrons. The number of aromatic nitrogens is 1. The zero-order valence-corrected chi connectivity index (χ0v) is 35.7. The summed E-state index contributed by atoms with van der Waals surface area (Å²) >= 11 is 0. The van der Waals surface area contributed by atoms with Gasteiger partial charge in [0, 0.05) is 35.9 Å². The van der Waals surface area contributed by atoms with Crippen LogP contribution < -0.4 is 24.8 Å². The van der Waals surface area contributed by atoms with E-state index in [1.54, 1.807) is 72.9 Å². The average molecular weight is 844 g/mol. The zero-order valence-electron chi connectivity index (χ0n) is 34.8. The first-order valence-corrected chi connectivity index (χ1v) is 20.8. The molecular weight excluding hydrogens is 794 g/mol. The number of nitrogens with zero attached hydrogens (tertiary/aromatic N) is 2. The van der Waals surface area contributed by atoms with E-state index >= 15 is 0 Å². The summed E-state index contributed by atoms with van der Waals surface area (Å²) in [6.45, 7) is 15.5. The maximum atomic E-state index is 14.7. The van der Waals surface area contributed by atoms with Gasteiger partial charge in [-0.3, -0.25) is 14.4 Å². The third-order valence-electron chi connectivity index (χ3n) is 10.3. The number of rotatable bonds is 11. The molecule has 1 aliphatic heterocycles. The summed E-state index contributed by atoms with van der Waals surface area (Å²) in [5.74, 6) is -2.33. The molecule has 2 aliphatic rings. The lowest BCUT2D eigenvalue weighted by Crippen LogP contribution is -2.60. The fraction of sp³-hybridized carbons (Fsp3) is 0.386. The molecule has 1 saturated heterocycles. The van der Waals surface area contributed by atoms with E-state index < -0.39 is 79.3 Å². The number of hydrogen-bond donors (Lipinski definition) is 3. The molecule has 16 heteroatoms. The predicted molar refractivity (Wildman–Crippen MR) is 222 cm³/mol. The van der Waals surface area contributed by atoms with Gasteiger partial charge in [0.25, 0.3) is 15.9 Å². The topological polar surface area (TPSA) is 182 Å². The molecule has 2 fully saturated rings. The van der Waals surface area contributed by atoms with Crippen molar-refractivity contribution >= 4 is 44.7 Å². The number of alkyl carbamates (subject to hydrolysis) is 1. The first kappa shape index (κ1) is 43.5. The number of hydrogen-bond acceptors (Lipinski definition) is 10. The molecular formula is C44H50FN5O9S. The first-order chi connectivity index (χ1) is 28.0. The minimum atomic E-state index is -4.58. The number of carbonyl (C=O) groups excluding carboxylic acids is 4. The third-order valence-corrected chi connectivity index (χ3v) is 11.8. The van der Waals surface area contributed by atoms with E-state index in [0.29, 0.717) is 28.1 Å². The molecule has 1 aliphatic carbocycles. The van der Waals surface area contributed by atoms with Gasteiger partial charge in [0.15, 0.2) is 0 Å². The van der Waals surface area contributed by atoms with Gasteiger partial charge in [-0.1, -0.05) is 63.7 Å². The number of methoxy groups -OCH3 is 1. The smallest absolute Gasteiger partial charge is 0.408 e. The molecule has 6 rings (SSSR count). The molecule has 4 amide bonds. The second-order valence-electron chi connectivity index (χ2n) is 17.2. The van der Waals surface area contributed by atoms with E-state index in [4.69, 9.17) is 19.2 Å². The molecule has 0 spiro atoms. The average Bonchev–Trinajstić information content (AvgIpc) is 3.62. The number of halogens is 1. The lowest BCUT2D eigenvalue weighted by Gasteiger charge is -2.36. The van der Waals surface area contributed by atoms with Crippen LogP contribution in [0.1, 0.15) is 59.9 Å². The maximum Gasteiger partial charge on any atom is 0.408 e. The molecule has 14 nitrogen and oxygen atoms in total. The van der Waals surface area contributed by atoms with Crippen LogP contribution in [0.15, 0.2) is 89.8 Å². The van der Waals surface area contributed by atoms with Crippen LogP contribution in [0.5, 0.6) is 11.5 Å².